The van der Waals surface area contributed by atoms with E-state index >= 15 is 0 Å². The van der Waals surface area contributed by atoms with Gasteiger partial charge in [-0.15, -0.1) is 0 Å². The number of nitrogens with zero attached hydrogens (tertiary/aromatic N) is 4. The molecule has 0 fully saturated rings. The molecule has 0 saturated heterocycles. The summed E-state index contributed by atoms with van der Waals surface area (Å²) in [5.41, 5.74) is 10.9. The average molecular weight is 813 g/mol. The lowest BCUT2D eigenvalue weighted by molar-refractivity contribution is 0.738. The van der Waals surface area contributed by atoms with Gasteiger partial charge in [-0.3, -0.25) is 20.0 Å². The predicted octanol–water partition coefficient (Wildman–Crippen LogP) is 13.5. The Kier molecular flexibility index (Phi) is 13.3. The van der Waals surface area contributed by atoms with Crippen molar-refractivity contribution in [1.29, 1.82) is 0 Å². The molecule has 0 bridgehead atoms. The number of benzene rings is 4. The van der Waals surface area contributed by atoms with Crippen molar-refractivity contribution in [2.45, 2.75) is 47.1 Å². The molecule has 3 aliphatic heterocycles. The fourth-order valence-electron chi connectivity index (χ4n) is 6.16. The standard InChI is InChI=1S/C38H34N6.2CHCl3/c1-37(2)27-13-5-7-15-29(27)43-35(37)25-21-39-31-17-9-11-19-33(31)41-23-26(24-42-34-20-12-10-18-32(34)40-22-25)36-38(3,4)28-14-6-8-16-30(28)44-36;2*2-1(3)4/h5-24,39,42H,1-4H3;2*1H/b25-21+,26-24+,40-22?,41-23?;;. The van der Waals surface area contributed by atoms with Gasteiger partial charge in [0.25, 0.3) is 0 Å². The molecule has 0 saturated carbocycles. The maximum atomic E-state index is 5.08. The highest BCUT2D eigenvalue weighted by atomic mass is 35.6. The third-order valence-corrected chi connectivity index (χ3v) is 8.61. The molecule has 3 heterocycles. The molecule has 4 aromatic carbocycles. The van der Waals surface area contributed by atoms with Crippen molar-refractivity contribution in [3.05, 3.63) is 132 Å². The van der Waals surface area contributed by atoms with Crippen LogP contribution in [0, 0.1) is 0 Å². The predicted molar refractivity (Wildman–Crippen MR) is 228 cm³/mol. The molecule has 0 unspecified atom stereocenters. The van der Waals surface area contributed by atoms with Gasteiger partial charge in [0, 0.05) is 46.8 Å². The summed E-state index contributed by atoms with van der Waals surface area (Å²) in [7, 11) is 0. The van der Waals surface area contributed by atoms with E-state index in [9.17, 15) is 0 Å². The molecule has 7 rings (SSSR count). The molecule has 268 valence electrons. The molecule has 2 N–H and O–H groups in total. The molecular weight excluding hydrogens is 777 g/mol. The van der Waals surface area contributed by atoms with Crippen LogP contribution in [0.15, 0.2) is 141 Å². The van der Waals surface area contributed by atoms with E-state index in [1.165, 1.54) is 11.1 Å². The maximum absolute atomic E-state index is 5.08. The van der Waals surface area contributed by atoms with Crippen molar-refractivity contribution >= 4 is 128 Å². The van der Waals surface area contributed by atoms with Crippen LogP contribution >= 0.6 is 69.6 Å². The van der Waals surface area contributed by atoms with Crippen molar-refractivity contribution in [2.24, 2.45) is 20.0 Å². The first kappa shape index (κ1) is 39.6. The summed E-state index contributed by atoms with van der Waals surface area (Å²) in [4.78, 5) is 20.1. The van der Waals surface area contributed by atoms with Crippen molar-refractivity contribution in [2.75, 3.05) is 10.6 Å². The maximum Gasteiger partial charge on any atom is 0.180 e. The Morgan fingerprint density at radius 3 is 1.12 bits per heavy atom. The highest BCUT2D eigenvalue weighted by molar-refractivity contribution is 6.63. The lowest BCUT2D eigenvalue weighted by atomic mass is 9.79. The molecule has 52 heavy (non-hydrogen) atoms. The first-order valence-corrected chi connectivity index (χ1v) is 18.8. The number of aliphatic imine (C=N–C) groups is 4. The molecule has 0 aliphatic carbocycles. The SMILES string of the molecule is CC1(C)C(/C2=C/Nc3ccccc3N=C/C(C3=Nc4ccccc4C3(C)C)=C\Nc3ccccc3N=C2)=Nc2ccccc21.ClC(Cl)Cl.ClC(Cl)Cl. The normalized spacial score (nSPS) is 18.4. The van der Waals surface area contributed by atoms with Crippen LogP contribution in [0.1, 0.15) is 38.8 Å². The molecule has 12 heteroatoms. The minimum absolute atomic E-state index is 0.291. The monoisotopic (exact) mass is 810 g/mol. The number of hydrogen-bond donors (Lipinski definition) is 2. The van der Waals surface area contributed by atoms with E-state index in [2.05, 4.69) is 74.7 Å². The van der Waals surface area contributed by atoms with Crippen molar-refractivity contribution in [3.63, 3.8) is 0 Å². The number of fused-ring (bicyclic) bond motifs is 4. The Balaban J connectivity index is 0.000000595. The van der Waals surface area contributed by atoms with E-state index in [1.54, 1.807) is 0 Å². The van der Waals surface area contributed by atoms with Gasteiger partial charge < -0.3 is 10.6 Å². The Labute approximate surface area is 335 Å². The van der Waals surface area contributed by atoms with Crippen LogP contribution < -0.4 is 10.6 Å². The van der Waals surface area contributed by atoms with Gasteiger partial charge in [0.05, 0.1) is 45.5 Å². The van der Waals surface area contributed by atoms with E-state index in [-0.39, 0.29) is 10.8 Å². The number of hydrogen-bond acceptors (Lipinski definition) is 6. The summed E-state index contributed by atoms with van der Waals surface area (Å²) in [6, 6.07) is 32.8. The summed E-state index contributed by atoms with van der Waals surface area (Å²) in [5.74, 6) is 0. The van der Waals surface area contributed by atoms with Crippen LogP contribution in [0.5, 0.6) is 0 Å². The van der Waals surface area contributed by atoms with Gasteiger partial charge in [-0.1, -0.05) is 158 Å². The Morgan fingerprint density at radius 2 is 0.769 bits per heavy atom. The van der Waals surface area contributed by atoms with Crippen LogP contribution in [0.25, 0.3) is 0 Å². The Morgan fingerprint density at radius 1 is 0.462 bits per heavy atom. The summed E-state index contributed by atoms with van der Waals surface area (Å²) in [5, 5.41) is 7.07. The van der Waals surface area contributed by atoms with Gasteiger partial charge in [0.15, 0.2) is 8.59 Å². The highest BCUT2D eigenvalue weighted by Gasteiger charge is 2.37. The van der Waals surface area contributed by atoms with Crippen molar-refractivity contribution in [3.8, 4) is 0 Å². The number of nitrogens with one attached hydrogen (secondary N) is 2. The van der Waals surface area contributed by atoms with E-state index < -0.39 is 8.59 Å². The van der Waals surface area contributed by atoms with Crippen molar-refractivity contribution in [1.82, 2.24) is 0 Å². The van der Waals surface area contributed by atoms with E-state index in [4.69, 9.17) is 89.6 Å². The minimum atomic E-state index is -0.750. The molecular formula is C40H36Cl6N6. The molecule has 4 aromatic rings. The largest absolute Gasteiger partial charge is 0.359 e. The molecule has 6 nitrogen and oxygen atoms in total. The van der Waals surface area contributed by atoms with Crippen LogP contribution in [0.4, 0.5) is 34.1 Å². The van der Waals surface area contributed by atoms with Crippen LogP contribution in [-0.4, -0.2) is 32.4 Å². The van der Waals surface area contributed by atoms with Crippen molar-refractivity contribution < 1.29 is 0 Å². The van der Waals surface area contributed by atoms with E-state index in [1.807, 2.05) is 85.5 Å². The van der Waals surface area contributed by atoms with Gasteiger partial charge in [-0.25, -0.2) is 0 Å². The van der Waals surface area contributed by atoms with Gasteiger partial charge in [0.2, 0.25) is 0 Å². The van der Waals surface area contributed by atoms with Crippen LogP contribution in [0.2, 0.25) is 0 Å². The molecule has 0 spiro atoms. The Hall–Kier alpha value is -3.62. The van der Waals surface area contributed by atoms with Crippen LogP contribution in [0.3, 0.4) is 0 Å². The molecule has 0 amide bonds. The molecule has 3 aliphatic rings. The zero-order valence-corrected chi connectivity index (χ0v) is 33.3. The Bertz CT molecular complexity index is 1940. The van der Waals surface area contributed by atoms with Gasteiger partial charge in [-0.2, -0.15) is 0 Å². The summed E-state index contributed by atoms with van der Waals surface area (Å²) in [6.07, 6.45) is 7.79. The zero-order chi connectivity index (χ0) is 37.5. The fourth-order valence-corrected chi connectivity index (χ4v) is 6.16. The fraction of sp³-hybridized carbons (Fsp3) is 0.200. The number of allylic oxidation sites excluding steroid dienone is 2. The molecule has 0 atom stereocenters. The number of halogens is 6. The van der Waals surface area contributed by atoms with Gasteiger partial charge >= 0.3 is 0 Å². The number of alkyl halides is 6. The summed E-state index contributed by atoms with van der Waals surface area (Å²) >= 11 is 28.8. The van der Waals surface area contributed by atoms with E-state index in [0.717, 1.165) is 56.7 Å². The lowest BCUT2D eigenvalue weighted by Gasteiger charge is -2.23. The summed E-state index contributed by atoms with van der Waals surface area (Å²) < 4.78 is -1.50. The molecule has 0 aromatic heterocycles. The number of para-hydroxylation sites is 6. The smallest absolute Gasteiger partial charge is 0.180 e. The van der Waals surface area contributed by atoms with Gasteiger partial charge in [0.1, 0.15) is 0 Å². The van der Waals surface area contributed by atoms with Crippen LogP contribution in [-0.2, 0) is 10.8 Å². The second-order valence-electron chi connectivity index (χ2n) is 12.7. The average Bonchev–Trinajstić information content (AvgIpc) is 3.53. The minimum Gasteiger partial charge on any atom is -0.359 e. The van der Waals surface area contributed by atoms with E-state index in [0.29, 0.717) is 0 Å². The lowest BCUT2D eigenvalue weighted by Crippen LogP contribution is -2.28. The quantitative estimate of drug-likeness (QED) is 0.198. The molecule has 0 radical (unpaired) electrons. The second kappa shape index (κ2) is 17.5. The zero-order valence-electron chi connectivity index (χ0n) is 28.8. The number of rotatable bonds is 2. The number of anilines is 2. The summed E-state index contributed by atoms with van der Waals surface area (Å²) in [6.45, 7) is 8.85. The third-order valence-electron chi connectivity index (χ3n) is 8.61. The third kappa shape index (κ3) is 9.48. The second-order valence-corrected chi connectivity index (χ2v) is 16.7. The topological polar surface area (TPSA) is 73.5 Å². The highest BCUT2D eigenvalue weighted by Crippen LogP contribution is 2.43. The van der Waals surface area contributed by atoms with Gasteiger partial charge in [-0.05, 0) is 47.5 Å². The first-order chi connectivity index (χ1) is 24.8. The first-order valence-electron chi connectivity index (χ1n) is 16.2.